The van der Waals surface area contributed by atoms with E-state index in [1.807, 2.05) is 47.5 Å². The van der Waals surface area contributed by atoms with E-state index in [1.54, 1.807) is 0 Å². The molecule has 1 aromatic heterocycles. The van der Waals surface area contributed by atoms with Gasteiger partial charge in [0, 0.05) is 45.5 Å². The smallest absolute Gasteiger partial charge is 0.244 e. The van der Waals surface area contributed by atoms with E-state index in [-0.39, 0.29) is 11.9 Å². The van der Waals surface area contributed by atoms with Crippen LogP contribution in [-0.4, -0.2) is 73.2 Å². The number of rotatable bonds is 4. The fourth-order valence-electron chi connectivity index (χ4n) is 3.85. The molecule has 2 aliphatic heterocycles. The van der Waals surface area contributed by atoms with E-state index in [0.29, 0.717) is 26.3 Å². The zero-order chi connectivity index (χ0) is 18.5. The van der Waals surface area contributed by atoms with Crippen LogP contribution in [0.5, 0.6) is 0 Å². The van der Waals surface area contributed by atoms with E-state index in [1.165, 1.54) is 0 Å². The second-order valence-corrected chi connectivity index (χ2v) is 6.96. The lowest BCUT2D eigenvalue weighted by Crippen LogP contribution is -2.53. The van der Waals surface area contributed by atoms with Crippen molar-refractivity contribution in [2.24, 2.45) is 0 Å². The summed E-state index contributed by atoms with van der Waals surface area (Å²) in [6.45, 7) is 6.03. The number of piperazine rings is 1. The Balaban J connectivity index is 1.50. The third kappa shape index (κ3) is 4.12. The molecule has 1 atom stereocenters. The average Bonchev–Trinajstić information content (AvgIpc) is 2.76. The van der Waals surface area contributed by atoms with Gasteiger partial charge in [-0.25, -0.2) is 4.98 Å². The minimum atomic E-state index is -0.227. The summed E-state index contributed by atoms with van der Waals surface area (Å²) in [5, 5.41) is 0. The Labute approximate surface area is 160 Å². The molecule has 2 aromatic rings. The van der Waals surface area contributed by atoms with E-state index < -0.39 is 0 Å². The standard InChI is InChI=1S/C21H26N4O2/c26-21(25-14-16-27-17-15-25)20(18-6-2-1-3-7-18)24-12-10-23(11-13-24)19-8-4-5-9-22-19/h1-9,20H,10-17H2/t20-/m0/s1. The largest absolute Gasteiger partial charge is 0.378 e. The molecule has 142 valence electrons. The van der Waals surface area contributed by atoms with E-state index in [4.69, 9.17) is 4.74 Å². The fourth-order valence-corrected chi connectivity index (χ4v) is 3.85. The van der Waals surface area contributed by atoms with E-state index in [2.05, 4.69) is 26.9 Å². The summed E-state index contributed by atoms with van der Waals surface area (Å²) in [5.41, 5.74) is 1.07. The summed E-state index contributed by atoms with van der Waals surface area (Å²) >= 11 is 0. The second-order valence-electron chi connectivity index (χ2n) is 6.96. The Kier molecular flexibility index (Phi) is 5.65. The van der Waals surface area contributed by atoms with Crippen LogP contribution in [0.4, 0.5) is 5.82 Å². The first-order valence-electron chi connectivity index (χ1n) is 9.64. The van der Waals surface area contributed by atoms with Gasteiger partial charge < -0.3 is 14.5 Å². The van der Waals surface area contributed by atoms with Gasteiger partial charge >= 0.3 is 0 Å². The van der Waals surface area contributed by atoms with Gasteiger partial charge in [0.15, 0.2) is 0 Å². The summed E-state index contributed by atoms with van der Waals surface area (Å²) in [6, 6.07) is 15.9. The van der Waals surface area contributed by atoms with Crippen molar-refractivity contribution in [3.8, 4) is 0 Å². The Bertz CT molecular complexity index is 726. The summed E-state index contributed by atoms with van der Waals surface area (Å²) in [7, 11) is 0. The Morgan fingerprint density at radius 2 is 1.59 bits per heavy atom. The highest BCUT2D eigenvalue weighted by molar-refractivity contribution is 5.83. The summed E-state index contributed by atoms with van der Waals surface area (Å²) < 4.78 is 5.42. The van der Waals surface area contributed by atoms with Crippen LogP contribution < -0.4 is 4.90 Å². The third-order valence-electron chi connectivity index (χ3n) is 5.32. The van der Waals surface area contributed by atoms with Crippen molar-refractivity contribution in [2.75, 3.05) is 57.4 Å². The highest BCUT2D eigenvalue weighted by atomic mass is 16.5. The first kappa shape index (κ1) is 17.9. The molecule has 2 fully saturated rings. The van der Waals surface area contributed by atoms with Crippen molar-refractivity contribution < 1.29 is 9.53 Å². The molecular formula is C21H26N4O2. The van der Waals surface area contributed by atoms with Gasteiger partial charge in [-0.05, 0) is 17.7 Å². The zero-order valence-corrected chi connectivity index (χ0v) is 15.5. The Morgan fingerprint density at radius 3 is 2.26 bits per heavy atom. The molecule has 6 heteroatoms. The molecule has 0 unspecified atom stereocenters. The van der Waals surface area contributed by atoms with Crippen LogP contribution in [0.3, 0.4) is 0 Å². The Hall–Kier alpha value is -2.44. The molecule has 0 bridgehead atoms. The fraction of sp³-hybridized carbons (Fsp3) is 0.429. The minimum Gasteiger partial charge on any atom is -0.378 e. The van der Waals surface area contributed by atoms with Gasteiger partial charge in [-0.3, -0.25) is 9.69 Å². The summed E-state index contributed by atoms with van der Waals surface area (Å²) in [6.07, 6.45) is 1.83. The van der Waals surface area contributed by atoms with Crippen LogP contribution in [0.1, 0.15) is 11.6 Å². The van der Waals surface area contributed by atoms with Crippen molar-refractivity contribution in [3.63, 3.8) is 0 Å². The molecule has 0 radical (unpaired) electrons. The van der Waals surface area contributed by atoms with Crippen LogP contribution in [0, 0.1) is 0 Å². The number of ether oxygens (including phenoxy) is 1. The second kappa shape index (κ2) is 8.50. The number of amides is 1. The van der Waals surface area contributed by atoms with Gasteiger partial charge in [0.25, 0.3) is 0 Å². The van der Waals surface area contributed by atoms with Gasteiger partial charge in [-0.15, -0.1) is 0 Å². The first-order valence-corrected chi connectivity index (χ1v) is 9.64. The maximum Gasteiger partial charge on any atom is 0.244 e. The number of hydrogen-bond donors (Lipinski definition) is 0. The normalized spacial score (nSPS) is 19.7. The molecule has 0 spiro atoms. The predicted octanol–water partition coefficient (Wildman–Crippen LogP) is 1.80. The van der Waals surface area contributed by atoms with Crippen LogP contribution >= 0.6 is 0 Å². The van der Waals surface area contributed by atoms with Crippen LogP contribution in [0.25, 0.3) is 0 Å². The van der Waals surface area contributed by atoms with Crippen molar-refractivity contribution in [2.45, 2.75) is 6.04 Å². The molecule has 4 rings (SSSR count). The van der Waals surface area contributed by atoms with Crippen molar-refractivity contribution in [3.05, 3.63) is 60.3 Å². The van der Waals surface area contributed by atoms with E-state index >= 15 is 0 Å². The summed E-state index contributed by atoms with van der Waals surface area (Å²) in [4.78, 5) is 24.4. The number of benzene rings is 1. The molecule has 2 aliphatic rings. The number of carbonyl (C=O) groups is 1. The molecule has 0 aliphatic carbocycles. The van der Waals surface area contributed by atoms with Crippen LogP contribution in [0.15, 0.2) is 54.7 Å². The number of hydrogen-bond acceptors (Lipinski definition) is 5. The predicted molar refractivity (Wildman–Crippen MR) is 105 cm³/mol. The summed E-state index contributed by atoms with van der Waals surface area (Å²) in [5.74, 6) is 1.20. The van der Waals surface area contributed by atoms with Gasteiger partial charge in [-0.2, -0.15) is 0 Å². The first-order chi connectivity index (χ1) is 13.3. The monoisotopic (exact) mass is 366 g/mol. The van der Waals surface area contributed by atoms with E-state index in [0.717, 1.165) is 37.6 Å². The molecule has 6 nitrogen and oxygen atoms in total. The highest BCUT2D eigenvalue weighted by Gasteiger charge is 2.34. The number of anilines is 1. The molecule has 1 aromatic carbocycles. The lowest BCUT2D eigenvalue weighted by atomic mass is 10.0. The maximum absolute atomic E-state index is 13.4. The van der Waals surface area contributed by atoms with Crippen molar-refractivity contribution in [1.82, 2.24) is 14.8 Å². The Morgan fingerprint density at radius 1 is 0.889 bits per heavy atom. The average molecular weight is 366 g/mol. The zero-order valence-electron chi connectivity index (χ0n) is 15.5. The van der Waals surface area contributed by atoms with Gasteiger partial charge in [0.1, 0.15) is 11.9 Å². The highest BCUT2D eigenvalue weighted by Crippen LogP contribution is 2.26. The molecule has 3 heterocycles. The van der Waals surface area contributed by atoms with E-state index in [9.17, 15) is 4.79 Å². The molecule has 0 saturated carbocycles. The SMILES string of the molecule is O=C([C@H](c1ccccc1)N1CCN(c2ccccn2)CC1)N1CCOCC1. The van der Waals surface area contributed by atoms with Gasteiger partial charge in [0.2, 0.25) is 5.91 Å². The minimum absolute atomic E-state index is 0.191. The number of nitrogens with zero attached hydrogens (tertiary/aromatic N) is 4. The lowest BCUT2D eigenvalue weighted by molar-refractivity contribution is -0.141. The number of morpholine rings is 1. The lowest BCUT2D eigenvalue weighted by Gasteiger charge is -2.41. The number of aromatic nitrogens is 1. The van der Waals surface area contributed by atoms with Gasteiger partial charge in [-0.1, -0.05) is 36.4 Å². The molecule has 1 amide bonds. The number of carbonyl (C=O) groups excluding carboxylic acids is 1. The van der Waals surface area contributed by atoms with Crippen LogP contribution in [0.2, 0.25) is 0 Å². The molecule has 0 N–H and O–H groups in total. The topological polar surface area (TPSA) is 48.9 Å². The van der Waals surface area contributed by atoms with Gasteiger partial charge in [0.05, 0.1) is 13.2 Å². The number of pyridine rings is 1. The molecule has 2 saturated heterocycles. The molecular weight excluding hydrogens is 340 g/mol. The maximum atomic E-state index is 13.4. The molecule has 27 heavy (non-hydrogen) atoms. The van der Waals surface area contributed by atoms with Crippen LogP contribution in [-0.2, 0) is 9.53 Å². The third-order valence-corrected chi connectivity index (χ3v) is 5.32. The quantitative estimate of drug-likeness (QED) is 0.826. The van der Waals surface area contributed by atoms with Crippen molar-refractivity contribution in [1.29, 1.82) is 0 Å². The van der Waals surface area contributed by atoms with Crippen molar-refractivity contribution >= 4 is 11.7 Å².